The number of benzene rings is 1. The number of Topliss-reactive ketones (excluding diaryl/α,β-unsaturated/α-hetero) is 1. The molecule has 2 aromatic rings. The zero-order valence-electron chi connectivity index (χ0n) is 15.4. The highest BCUT2D eigenvalue weighted by Gasteiger charge is 2.21. The molecule has 0 bridgehead atoms. The van der Waals surface area contributed by atoms with Crippen LogP contribution in [-0.4, -0.2) is 39.9 Å². The summed E-state index contributed by atoms with van der Waals surface area (Å²) >= 11 is 0. The van der Waals surface area contributed by atoms with Crippen LogP contribution in [0.1, 0.15) is 15.9 Å². The number of amides is 1. The Balaban J connectivity index is 1.91. The van der Waals surface area contributed by atoms with E-state index in [-0.39, 0.29) is 18.1 Å². The molecule has 10 heteroatoms. The van der Waals surface area contributed by atoms with E-state index in [9.17, 15) is 24.0 Å². The molecule has 0 saturated carbocycles. The number of carbonyl (C=O) groups is 3. The van der Waals surface area contributed by atoms with Crippen molar-refractivity contribution in [1.29, 1.82) is 0 Å². The van der Waals surface area contributed by atoms with Gasteiger partial charge in [0.1, 0.15) is 17.9 Å². The highest BCUT2D eigenvalue weighted by atomic mass is 16.5. The van der Waals surface area contributed by atoms with E-state index in [4.69, 9.17) is 10.5 Å². The lowest BCUT2D eigenvalue weighted by atomic mass is 10.1. The number of hydrogen-bond donors (Lipinski definition) is 2. The molecule has 0 fully saturated rings. The Morgan fingerprint density at radius 3 is 2.36 bits per heavy atom. The van der Waals surface area contributed by atoms with Crippen LogP contribution in [0.25, 0.3) is 0 Å². The van der Waals surface area contributed by atoms with Crippen molar-refractivity contribution in [3.8, 4) is 0 Å². The molecule has 1 heterocycles. The molecule has 2 rings (SSSR count). The first-order valence-corrected chi connectivity index (χ1v) is 8.27. The zero-order chi connectivity index (χ0) is 20.8. The molecule has 1 aromatic carbocycles. The van der Waals surface area contributed by atoms with Crippen molar-refractivity contribution in [2.75, 3.05) is 18.9 Å². The SMILES string of the molecule is Cn1c(N)c(C(=O)COC(=O)CNC(=O)Cc2ccccc2)c(=O)n(C)c1=O. The fraction of sp³-hybridized carbons (Fsp3) is 0.278. The molecule has 3 N–H and O–H groups in total. The van der Waals surface area contributed by atoms with E-state index >= 15 is 0 Å². The van der Waals surface area contributed by atoms with Crippen molar-refractivity contribution < 1.29 is 19.1 Å². The minimum absolute atomic E-state index is 0.0949. The number of aromatic nitrogens is 2. The van der Waals surface area contributed by atoms with Crippen LogP contribution in [0.3, 0.4) is 0 Å². The predicted octanol–water partition coefficient (Wildman–Crippen LogP) is -1.25. The average Bonchev–Trinajstić information content (AvgIpc) is 2.68. The Morgan fingerprint density at radius 1 is 1.07 bits per heavy atom. The van der Waals surface area contributed by atoms with Gasteiger partial charge in [0, 0.05) is 14.1 Å². The number of nitrogens with two attached hydrogens (primary N) is 1. The predicted molar refractivity (Wildman–Crippen MR) is 99.8 cm³/mol. The molecule has 0 unspecified atom stereocenters. The number of rotatable bonds is 7. The summed E-state index contributed by atoms with van der Waals surface area (Å²) in [5.74, 6) is -2.40. The monoisotopic (exact) mass is 388 g/mol. The van der Waals surface area contributed by atoms with Gasteiger partial charge in [-0.15, -0.1) is 0 Å². The smallest absolute Gasteiger partial charge is 0.332 e. The van der Waals surface area contributed by atoms with E-state index in [1.54, 1.807) is 24.3 Å². The van der Waals surface area contributed by atoms with Crippen molar-refractivity contribution >= 4 is 23.5 Å². The molecule has 28 heavy (non-hydrogen) atoms. The Bertz CT molecular complexity index is 1020. The van der Waals surface area contributed by atoms with Crippen LogP contribution in [0.4, 0.5) is 5.82 Å². The van der Waals surface area contributed by atoms with Crippen LogP contribution in [0.2, 0.25) is 0 Å². The maximum atomic E-state index is 12.2. The third-order valence-corrected chi connectivity index (χ3v) is 3.99. The van der Waals surface area contributed by atoms with Gasteiger partial charge in [-0.1, -0.05) is 30.3 Å². The second-order valence-corrected chi connectivity index (χ2v) is 5.99. The second kappa shape index (κ2) is 8.80. The largest absolute Gasteiger partial charge is 0.456 e. The number of nitrogens with zero attached hydrogens (tertiary/aromatic N) is 2. The molecule has 0 saturated heterocycles. The molecule has 0 spiro atoms. The number of nitrogen functional groups attached to an aromatic ring is 1. The fourth-order valence-electron chi connectivity index (χ4n) is 2.41. The van der Waals surface area contributed by atoms with Crippen molar-refractivity contribution in [3.63, 3.8) is 0 Å². The molecule has 1 amide bonds. The van der Waals surface area contributed by atoms with Gasteiger partial charge in [-0.25, -0.2) is 4.79 Å². The van der Waals surface area contributed by atoms with Crippen molar-refractivity contribution in [2.45, 2.75) is 6.42 Å². The van der Waals surface area contributed by atoms with Gasteiger partial charge in [-0.2, -0.15) is 0 Å². The van der Waals surface area contributed by atoms with Gasteiger partial charge in [0.25, 0.3) is 5.56 Å². The van der Waals surface area contributed by atoms with Crippen LogP contribution in [0, 0.1) is 0 Å². The van der Waals surface area contributed by atoms with E-state index in [2.05, 4.69) is 5.32 Å². The molecule has 1 aromatic heterocycles. The summed E-state index contributed by atoms with van der Waals surface area (Å²) < 4.78 is 6.46. The van der Waals surface area contributed by atoms with Gasteiger partial charge in [0.2, 0.25) is 11.7 Å². The van der Waals surface area contributed by atoms with Gasteiger partial charge in [0.05, 0.1) is 6.42 Å². The van der Waals surface area contributed by atoms with Crippen LogP contribution >= 0.6 is 0 Å². The fourth-order valence-corrected chi connectivity index (χ4v) is 2.41. The Kier molecular flexibility index (Phi) is 6.48. The van der Waals surface area contributed by atoms with Gasteiger partial charge in [0.15, 0.2) is 6.61 Å². The molecule has 0 atom stereocenters. The molecule has 0 aliphatic rings. The van der Waals surface area contributed by atoms with Crippen LogP contribution in [-0.2, 0) is 34.8 Å². The summed E-state index contributed by atoms with van der Waals surface area (Å²) in [6, 6.07) is 8.94. The van der Waals surface area contributed by atoms with Gasteiger partial charge < -0.3 is 15.8 Å². The lowest BCUT2D eigenvalue weighted by Crippen LogP contribution is -2.42. The van der Waals surface area contributed by atoms with E-state index in [0.29, 0.717) is 0 Å². The number of ether oxygens (including phenoxy) is 1. The first-order valence-electron chi connectivity index (χ1n) is 8.27. The Labute approximate surface area is 159 Å². The molecule has 148 valence electrons. The third kappa shape index (κ3) is 4.72. The normalized spacial score (nSPS) is 10.4. The van der Waals surface area contributed by atoms with E-state index in [1.165, 1.54) is 14.1 Å². The third-order valence-electron chi connectivity index (χ3n) is 3.99. The summed E-state index contributed by atoms with van der Waals surface area (Å²) in [5, 5.41) is 2.38. The first-order chi connectivity index (χ1) is 13.2. The Hall–Kier alpha value is -3.69. The van der Waals surface area contributed by atoms with E-state index in [1.807, 2.05) is 6.07 Å². The number of anilines is 1. The summed E-state index contributed by atoms with van der Waals surface area (Å²) in [6.07, 6.45) is 0.0949. The van der Waals surface area contributed by atoms with Gasteiger partial charge >= 0.3 is 11.7 Å². The maximum Gasteiger partial charge on any atom is 0.332 e. The number of carbonyl (C=O) groups excluding carboxylic acids is 3. The molecule has 10 nitrogen and oxygen atoms in total. The highest BCUT2D eigenvalue weighted by molar-refractivity contribution is 6.01. The standard InChI is InChI=1S/C18H20N4O6/c1-21-16(19)15(17(26)22(2)18(21)27)12(23)10-28-14(25)9-20-13(24)8-11-6-4-3-5-7-11/h3-7H,8-10,19H2,1-2H3,(H,20,24). The van der Waals surface area contributed by atoms with Gasteiger partial charge in [-0.05, 0) is 5.56 Å². The van der Waals surface area contributed by atoms with Gasteiger partial charge in [-0.3, -0.25) is 28.3 Å². The summed E-state index contributed by atoms with van der Waals surface area (Å²) in [5.41, 5.74) is 4.45. The summed E-state index contributed by atoms with van der Waals surface area (Å²) in [7, 11) is 2.51. The lowest BCUT2D eigenvalue weighted by Gasteiger charge is -2.11. The minimum Gasteiger partial charge on any atom is -0.456 e. The van der Waals surface area contributed by atoms with E-state index in [0.717, 1.165) is 14.7 Å². The summed E-state index contributed by atoms with van der Waals surface area (Å²) in [6.45, 7) is -1.18. The highest BCUT2D eigenvalue weighted by Crippen LogP contribution is 2.04. The summed E-state index contributed by atoms with van der Waals surface area (Å²) in [4.78, 5) is 59.6. The van der Waals surface area contributed by atoms with Crippen LogP contribution in [0.15, 0.2) is 39.9 Å². The number of nitrogens with one attached hydrogen (secondary N) is 1. The zero-order valence-corrected chi connectivity index (χ0v) is 15.4. The van der Waals surface area contributed by atoms with Crippen LogP contribution in [0.5, 0.6) is 0 Å². The van der Waals surface area contributed by atoms with E-state index < -0.39 is 41.7 Å². The number of hydrogen-bond acceptors (Lipinski definition) is 7. The van der Waals surface area contributed by atoms with Crippen LogP contribution < -0.4 is 22.3 Å². The number of esters is 1. The van der Waals surface area contributed by atoms with Crippen molar-refractivity contribution in [1.82, 2.24) is 14.5 Å². The Morgan fingerprint density at radius 2 is 1.71 bits per heavy atom. The number of ketones is 1. The molecule has 0 radical (unpaired) electrons. The average molecular weight is 388 g/mol. The molecule has 0 aliphatic heterocycles. The molecule has 0 aliphatic carbocycles. The van der Waals surface area contributed by atoms with Crippen molar-refractivity contribution in [2.24, 2.45) is 14.1 Å². The first kappa shape index (κ1) is 20.6. The second-order valence-electron chi connectivity index (χ2n) is 5.99. The maximum absolute atomic E-state index is 12.2. The molecular formula is C18H20N4O6. The lowest BCUT2D eigenvalue weighted by molar-refractivity contribution is -0.142. The molecular weight excluding hydrogens is 368 g/mol. The topological polar surface area (TPSA) is 142 Å². The quantitative estimate of drug-likeness (QED) is 0.446. The minimum atomic E-state index is -0.877. The van der Waals surface area contributed by atoms with Crippen molar-refractivity contribution in [3.05, 3.63) is 62.3 Å².